The van der Waals surface area contributed by atoms with E-state index in [-0.39, 0.29) is 24.8 Å². The van der Waals surface area contributed by atoms with Crippen LogP contribution in [0.1, 0.15) is 43.2 Å². The van der Waals surface area contributed by atoms with Crippen molar-refractivity contribution in [1.29, 1.82) is 0 Å². The SMILES string of the molecule is CS(=O)(=O)NCC(COC1CCC(c2ccccc2)CC1)n1c(=O)ccc2ccccc21. The Labute approximate surface area is 189 Å². The van der Waals surface area contributed by atoms with Crippen LogP contribution in [-0.4, -0.2) is 38.5 Å². The topological polar surface area (TPSA) is 77.4 Å². The van der Waals surface area contributed by atoms with Gasteiger partial charge >= 0.3 is 0 Å². The molecule has 7 heteroatoms. The molecule has 0 amide bonds. The van der Waals surface area contributed by atoms with Crippen molar-refractivity contribution in [2.24, 2.45) is 0 Å². The largest absolute Gasteiger partial charge is 0.376 e. The number of ether oxygens (including phenoxy) is 1. The molecule has 6 nitrogen and oxygen atoms in total. The highest BCUT2D eigenvalue weighted by Gasteiger charge is 2.25. The quantitative estimate of drug-likeness (QED) is 0.561. The number of hydrogen-bond acceptors (Lipinski definition) is 4. The van der Waals surface area contributed by atoms with Crippen molar-refractivity contribution in [1.82, 2.24) is 9.29 Å². The monoisotopic (exact) mass is 454 g/mol. The molecular weight excluding hydrogens is 424 g/mol. The third-order valence-corrected chi connectivity index (χ3v) is 6.95. The Hall–Kier alpha value is -2.48. The summed E-state index contributed by atoms with van der Waals surface area (Å²) in [5, 5.41) is 0.930. The number of sulfonamides is 1. The van der Waals surface area contributed by atoms with E-state index in [0.29, 0.717) is 5.92 Å². The van der Waals surface area contributed by atoms with Gasteiger partial charge in [0.05, 0.1) is 30.5 Å². The van der Waals surface area contributed by atoms with Crippen molar-refractivity contribution in [3.63, 3.8) is 0 Å². The van der Waals surface area contributed by atoms with Gasteiger partial charge < -0.3 is 9.30 Å². The van der Waals surface area contributed by atoms with Crippen LogP contribution in [-0.2, 0) is 14.8 Å². The van der Waals surface area contributed by atoms with Crippen molar-refractivity contribution in [3.05, 3.63) is 82.6 Å². The van der Waals surface area contributed by atoms with Gasteiger partial charge in [0.25, 0.3) is 5.56 Å². The van der Waals surface area contributed by atoms with Gasteiger partial charge in [0.15, 0.2) is 0 Å². The maximum Gasteiger partial charge on any atom is 0.251 e. The van der Waals surface area contributed by atoms with Gasteiger partial charge in [0.1, 0.15) is 0 Å². The molecule has 1 saturated carbocycles. The van der Waals surface area contributed by atoms with E-state index in [1.165, 1.54) is 11.6 Å². The van der Waals surface area contributed by atoms with Gasteiger partial charge in [-0.3, -0.25) is 4.79 Å². The van der Waals surface area contributed by atoms with Crippen molar-refractivity contribution < 1.29 is 13.2 Å². The smallest absolute Gasteiger partial charge is 0.251 e. The second-order valence-electron chi connectivity index (χ2n) is 8.59. The minimum atomic E-state index is -3.40. The van der Waals surface area contributed by atoms with E-state index in [2.05, 4.69) is 29.0 Å². The number of para-hydroxylation sites is 1. The lowest BCUT2D eigenvalue weighted by atomic mass is 9.83. The standard InChI is InChI=1S/C25H30N2O4S/c1-32(29,30)26-17-22(27-24-10-6-5-9-21(24)13-16-25(27)28)18-31-23-14-11-20(12-15-23)19-7-3-2-4-8-19/h2-10,13,16,20,22-23,26H,11-12,14-15,17-18H2,1H3. The molecule has 1 aliphatic carbocycles. The Kier molecular flexibility index (Phi) is 7.08. The van der Waals surface area contributed by atoms with Crippen LogP contribution in [0.3, 0.4) is 0 Å². The lowest BCUT2D eigenvalue weighted by molar-refractivity contribution is 0.00801. The minimum absolute atomic E-state index is 0.103. The average molecular weight is 455 g/mol. The first kappa shape index (κ1) is 22.7. The van der Waals surface area contributed by atoms with Crippen LogP contribution in [0, 0.1) is 0 Å². The van der Waals surface area contributed by atoms with E-state index in [9.17, 15) is 13.2 Å². The summed E-state index contributed by atoms with van der Waals surface area (Å²) in [6.45, 7) is 0.378. The maximum atomic E-state index is 12.8. The lowest BCUT2D eigenvalue weighted by Crippen LogP contribution is -2.38. The van der Waals surface area contributed by atoms with Gasteiger partial charge in [-0.2, -0.15) is 0 Å². The number of nitrogens with zero attached hydrogens (tertiary/aromatic N) is 1. The molecule has 0 aliphatic heterocycles. The van der Waals surface area contributed by atoms with Crippen LogP contribution in [0.15, 0.2) is 71.5 Å². The average Bonchev–Trinajstić information content (AvgIpc) is 2.80. The van der Waals surface area contributed by atoms with E-state index in [4.69, 9.17) is 4.74 Å². The number of nitrogens with one attached hydrogen (secondary N) is 1. The predicted octanol–water partition coefficient (Wildman–Crippen LogP) is 3.83. The number of pyridine rings is 1. The van der Waals surface area contributed by atoms with Crippen LogP contribution < -0.4 is 10.3 Å². The van der Waals surface area contributed by atoms with Crippen LogP contribution in [0.2, 0.25) is 0 Å². The van der Waals surface area contributed by atoms with Crippen LogP contribution in [0.5, 0.6) is 0 Å². The van der Waals surface area contributed by atoms with E-state index in [1.807, 2.05) is 30.3 Å². The molecule has 1 unspecified atom stereocenters. The Morgan fingerprint density at radius 3 is 2.38 bits per heavy atom. The molecule has 0 bridgehead atoms. The number of rotatable bonds is 8. The molecule has 1 heterocycles. The van der Waals surface area contributed by atoms with Crippen molar-refractivity contribution >= 4 is 20.9 Å². The van der Waals surface area contributed by atoms with Gasteiger partial charge in [-0.15, -0.1) is 0 Å². The molecule has 0 radical (unpaired) electrons. The summed E-state index contributed by atoms with van der Waals surface area (Å²) >= 11 is 0. The Bertz CT molecular complexity index is 1200. The van der Waals surface area contributed by atoms with Gasteiger partial charge in [-0.25, -0.2) is 13.1 Å². The number of hydrogen-bond donors (Lipinski definition) is 1. The first-order chi connectivity index (χ1) is 15.4. The number of benzene rings is 2. The fourth-order valence-electron chi connectivity index (χ4n) is 4.59. The highest BCUT2D eigenvalue weighted by atomic mass is 32.2. The molecule has 1 aromatic heterocycles. The zero-order valence-corrected chi connectivity index (χ0v) is 19.1. The van der Waals surface area contributed by atoms with Crippen LogP contribution in [0.25, 0.3) is 10.9 Å². The molecule has 1 aliphatic rings. The van der Waals surface area contributed by atoms with Gasteiger partial charge in [0, 0.05) is 12.6 Å². The summed E-state index contributed by atoms with van der Waals surface area (Å²) < 4.78 is 34.0. The normalized spacial score (nSPS) is 20.3. The van der Waals surface area contributed by atoms with Gasteiger partial charge in [-0.1, -0.05) is 48.5 Å². The number of aromatic nitrogens is 1. The zero-order chi connectivity index (χ0) is 22.6. The van der Waals surface area contributed by atoms with E-state index in [0.717, 1.165) is 42.8 Å². The Morgan fingerprint density at radius 2 is 1.66 bits per heavy atom. The van der Waals surface area contributed by atoms with Gasteiger partial charge in [-0.05, 0) is 54.7 Å². The first-order valence-corrected chi connectivity index (χ1v) is 13.0. The Morgan fingerprint density at radius 1 is 0.969 bits per heavy atom. The molecule has 170 valence electrons. The lowest BCUT2D eigenvalue weighted by Gasteiger charge is -2.30. The molecule has 2 aromatic carbocycles. The highest BCUT2D eigenvalue weighted by Crippen LogP contribution is 2.34. The highest BCUT2D eigenvalue weighted by molar-refractivity contribution is 7.88. The first-order valence-electron chi connectivity index (χ1n) is 11.1. The molecule has 0 saturated heterocycles. The summed E-state index contributed by atoms with van der Waals surface area (Å²) in [7, 11) is -3.40. The molecule has 32 heavy (non-hydrogen) atoms. The molecule has 0 spiro atoms. The van der Waals surface area contributed by atoms with E-state index >= 15 is 0 Å². The van der Waals surface area contributed by atoms with Crippen molar-refractivity contribution in [2.45, 2.75) is 43.7 Å². The molecule has 1 fully saturated rings. The summed E-state index contributed by atoms with van der Waals surface area (Å²) in [5.41, 5.74) is 1.99. The summed E-state index contributed by atoms with van der Waals surface area (Å²) in [6, 6.07) is 21.1. The maximum absolute atomic E-state index is 12.8. The fourth-order valence-corrected chi connectivity index (χ4v) is 5.09. The van der Waals surface area contributed by atoms with Crippen molar-refractivity contribution in [3.8, 4) is 0 Å². The fraction of sp³-hybridized carbons (Fsp3) is 0.400. The second kappa shape index (κ2) is 9.98. The summed E-state index contributed by atoms with van der Waals surface area (Å²) in [6.07, 6.45) is 5.28. The summed E-state index contributed by atoms with van der Waals surface area (Å²) in [4.78, 5) is 12.8. The van der Waals surface area contributed by atoms with Gasteiger partial charge in [0.2, 0.25) is 10.0 Å². The van der Waals surface area contributed by atoms with E-state index < -0.39 is 16.1 Å². The molecular formula is C25H30N2O4S. The molecule has 1 N–H and O–H groups in total. The Balaban J connectivity index is 1.48. The van der Waals surface area contributed by atoms with Crippen LogP contribution >= 0.6 is 0 Å². The number of fused-ring (bicyclic) bond motifs is 1. The molecule has 1 atom stereocenters. The molecule has 3 aromatic rings. The zero-order valence-electron chi connectivity index (χ0n) is 18.3. The van der Waals surface area contributed by atoms with Crippen molar-refractivity contribution in [2.75, 3.05) is 19.4 Å². The molecule has 4 rings (SSSR count). The van der Waals surface area contributed by atoms with E-state index in [1.54, 1.807) is 10.6 Å². The third kappa shape index (κ3) is 5.65. The van der Waals surface area contributed by atoms with Crippen LogP contribution in [0.4, 0.5) is 0 Å². The third-order valence-electron chi connectivity index (χ3n) is 6.25. The second-order valence-corrected chi connectivity index (χ2v) is 10.4. The summed E-state index contributed by atoms with van der Waals surface area (Å²) in [5.74, 6) is 0.555. The minimum Gasteiger partial charge on any atom is -0.376 e. The predicted molar refractivity (Wildman–Crippen MR) is 127 cm³/mol.